The van der Waals surface area contributed by atoms with Crippen LogP contribution in [0, 0.1) is 0 Å². The van der Waals surface area contributed by atoms with Crippen molar-refractivity contribution in [1.29, 1.82) is 0 Å². The summed E-state index contributed by atoms with van der Waals surface area (Å²) in [7, 11) is 0. The summed E-state index contributed by atoms with van der Waals surface area (Å²) in [6, 6.07) is 0. The van der Waals surface area contributed by atoms with Crippen molar-refractivity contribution in [3.63, 3.8) is 0 Å². The molecule has 0 fully saturated rings. The fourth-order valence-corrected chi connectivity index (χ4v) is 1.37. The van der Waals surface area contributed by atoms with E-state index in [1.54, 1.807) is 11.6 Å². The summed E-state index contributed by atoms with van der Waals surface area (Å²) in [6.45, 7) is 0. The molecular weight excluding hydrogens is 216 g/mol. The molecule has 15 heavy (non-hydrogen) atoms. The van der Waals surface area contributed by atoms with Gasteiger partial charge in [0.05, 0.1) is 0 Å². The second-order valence-electron chi connectivity index (χ2n) is 2.44. The Morgan fingerprint density at radius 1 is 1.53 bits per heavy atom. The Bertz CT molecular complexity index is 449. The molecule has 6 nitrogen and oxygen atoms in total. The zero-order valence-corrected chi connectivity index (χ0v) is 8.27. The Labute approximate surface area is 88.7 Å². The van der Waals surface area contributed by atoms with Crippen LogP contribution < -0.4 is 5.32 Å². The van der Waals surface area contributed by atoms with Gasteiger partial charge in [-0.25, -0.2) is 4.98 Å². The lowest BCUT2D eigenvalue weighted by Crippen LogP contribution is -2.06. The van der Waals surface area contributed by atoms with E-state index in [2.05, 4.69) is 25.0 Å². The summed E-state index contributed by atoms with van der Waals surface area (Å²) in [5.74, 6) is -0.00700. The second-order valence-corrected chi connectivity index (χ2v) is 3.33. The van der Waals surface area contributed by atoms with Crippen molar-refractivity contribution in [3.8, 4) is 0 Å². The van der Waals surface area contributed by atoms with Crippen LogP contribution in [0.3, 0.4) is 0 Å². The molecule has 0 saturated carbocycles. The molecule has 0 saturated heterocycles. The Kier molecular flexibility index (Phi) is 2.84. The average Bonchev–Trinajstić information content (AvgIpc) is 2.86. The summed E-state index contributed by atoms with van der Waals surface area (Å²) in [4.78, 5) is 18.9. The first-order valence-corrected chi connectivity index (χ1v) is 4.88. The van der Waals surface area contributed by atoms with E-state index in [9.17, 15) is 4.79 Å². The normalized spacial score (nSPS) is 10.7. The number of hydrogen-bond donors (Lipinski definition) is 1. The summed E-state index contributed by atoms with van der Waals surface area (Å²) in [5, 5.41) is 8.30. The van der Waals surface area contributed by atoms with E-state index in [-0.39, 0.29) is 11.8 Å². The van der Waals surface area contributed by atoms with E-state index in [0.29, 0.717) is 5.13 Å². The summed E-state index contributed by atoms with van der Waals surface area (Å²) >= 11 is 1.35. The summed E-state index contributed by atoms with van der Waals surface area (Å²) in [5.41, 5.74) is 0. The fraction of sp³-hybridized carbons (Fsp3) is 0. The average molecular weight is 222 g/mol. The van der Waals surface area contributed by atoms with Crippen molar-refractivity contribution in [2.24, 2.45) is 0 Å². The highest BCUT2D eigenvalue weighted by atomic mass is 32.1. The van der Waals surface area contributed by atoms with Gasteiger partial charge in [-0.05, 0) is 0 Å². The Hall–Kier alpha value is -2.02. The van der Waals surface area contributed by atoms with E-state index in [0.717, 1.165) is 0 Å². The quantitative estimate of drug-likeness (QED) is 0.788. The van der Waals surface area contributed by atoms with Crippen LogP contribution in [0.5, 0.6) is 0 Å². The smallest absolute Gasteiger partial charge is 0.250 e. The predicted molar refractivity (Wildman–Crippen MR) is 54.1 cm³/mol. The van der Waals surface area contributed by atoms with Crippen LogP contribution in [0.4, 0.5) is 5.13 Å². The number of aromatic nitrogens is 3. The minimum Gasteiger partial charge on any atom is -0.335 e. The monoisotopic (exact) mass is 222 g/mol. The van der Waals surface area contributed by atoms with E-state index in [1.807, 2.05) is 0 Å². The van der Waals surface area contributed by atoms with Crippen LogP contribution in [0.1, 0.15) is 5.89 Å². The van der Waals surface area contributed by atoms with Gasteiger partial charge in [0.2, 0.25) is 5.91 Å². The molecule has 2 aromatic rings. The molecule has 2 heterocycles. The number of rotatable bonds is 3. The van der Waals surface area contributed by atoms with E-state index in [1.165, 1.54) is 29.8 Å². The van der Waals surface area contributed by atoms with Gasteiger partial charge < -0.3 is 4.52 Å². The number of carbonyl (C=O) groups excluding carboxylic acids is 1. The summed E-state index contributed by atoms with van der Waals surface area (Å²) in [6.07, 6.45) is 5.60. The maximum atomic E-state index is 11.3. The molecule has 0 aromatic carbocycles. The van der Waals surface area contributed by atoms with Gasteiger partial charge in [0, 0.05) is 23.7 Å². The third kappa shape index (κ3) is 2.71. The topological polar surface area (TPSA) is 80.9 Å². The maximum absolute atomic E-state index is 11.3. The summed E-state index contributed by atoms with van der Waals surface area (Å²) < 4.78 is 4.68. The molecule has 1 amide bonds. The standard InChI is InChI=1S/C8H6N4O2S/c13-6(12-8-9-3-4-15-8)1-2-7-10-5-11-14-7/h1-5H,(H,9,12,13)/b2-1+. The Balaban J connectivity index is 1.93. The van der Waals surface area contributed by atoms with Crippen LogP contribution in [-0.2, 0) is 4.79 Å². The van der Waals surface area contributed by atoms with Crippen LogP contribution in [0.25, 0.3) is 6.08 Å². The molecule has 0 aliphatic carbocycles. The zero-order valence-electron chi connectivity index (χ0n) is 7.45. The van der Waals surface area contributed by atoms with E-state index >= 15 is 0 Å². The number of nitrogens with zero attached hydrogens (tertiary/aromatic N) is 3. The third-order valence-electron chi connectivity index (χ3n) is 1.42. The molecule has 1 N–H and O–H groups in total. The highest BCUT2D eigenvalue weighted by Gasteiger charge is 2.00. The fourth-order valence-electron chi connectivity index (χ4n) is 0.834. The predicted octanol–water partition coefficient (Wildman–Crippen LogP) is 1.18. The van der Waals surface area contributed by atoms with Crippen LogP contribution >= 0.6 is 11.3 Å². The number of thiazole rings is 1. The molecule has 0 aliphatic rings. The molecule has 0 bridgehead atoms. The number of nitrogens with one attached hydrogen (secondary N) is 1. The Morgan fingerprint density at radius 2 is 2.47 bits per heavy atom. The lowest BCUT2D eigenvalue weighted by atomic mass is 10.4. The van der Waals surface area contributed by atoms with Gasteiger partial charge in [-0.15, -0.1) is 11.3 Å². The van der Waals surface area contributed by atoms with Crippen molar-refractivity contribution in [1.82, 2.24) is 15.1 Å². The maximum Gasteiger partial charge on any atom is 0.250 e. The first-order chi connectivity index (χ1) is 7.34. The highest BCUT2D eigenvalue weighted by molar-refractivity contribution is 7.13. The van der Waals surface area contributed by atoms with Gasteiger partial charge in [-0.1, -0.05) is 5.16 Å². The first kappa shape index (κ1) is 9.53. The van der Waals surface area contributed by atoms with Gasteiger partial charge >= 0.3 is 0 Å². The van der Waals surface area contributed by atoms with E-state index < -0.39 is 0 Å². The minimum atomic E-state index is -0.289. The van der Waals surface area contributed by atoms with Gasteiger partial charge in [-0.2, -0.15) is 4.98 Å². The molecule has 2 aromatic heterocycles. The highest BCUT2D eigenvalue weighted by Crippen LogP contribution is 2.09. The first-order valence-electron chi connectivity index (χ1n) is 4.00. The van der Waals surface area contributed by atoms with Crippen LogP contribution in [0.15, 0.2) is 28.5 Å². The van der Waals surface area contributed by atoms with Crippen molar-refractivity contribution in [3.05, 3.63) is 29.9 Å². The lowest BCUT2D eigenvalue weighted by molar-refractivity contribution is -0.111. The van der Waals surface area contributed by atoms with Crippen molar-refractivity contribution >= 4 is 28.5 Å². The molecule has 0 atom stereocenters. The molecule has 76 valence electrons. The second kappa shape index (κ2) is 4.47. The van der Waals surface area contributed by atoms with Gasteiger partial charge in [-0.3, -0.25) is 10.1 Å². The zero-order chi connectivity index (χ0) is 10.5. The molecule has 0 aliphatic heterocycles. The SMILES string of the molecule is O=C(/C=C/c1ncno1)Nc1nccs1. The lowest BCUT2D eigenvalue weighted by Gasteiger charge is -1.93. The molecule has 0 unspecified atom stereocenters. The third-order valence-corrected chi connectivity index (χ3v) is 2.11. The van der Waals surface area contributed by atoms with Crippen molar-refractivity contribution in [2.75, 3.05) is 5.32 Å². The molecule has 2 rings (SSSR count). The van der Waals surface area contributed by atoms with Crippen molar-refractivity contribution in [2.45, 2.75) is 0 Å². The molecule has 0 spiro atoms. The number of anilines is 1. The molecule has 0 radical (unpaired) electrons. The molecule has 7 heteroatoms. The van der Waals surface area contributed by atoms with Gasteiger partial charge in [0.15, 0.2) is 11.5 Å². The largest absolute Gasteiger partial charge is 0.335 e. The number of carbonyl (C=O) groups is 1. The van der Waals surface area contributed by atoms with Crippen LogP contribution in [-0.4, -0.2) is 21.0 Å². The number of amides is 1. The van der Waals surface area contributed by atoms with E-state index in [4.69, 9.17) is 0 Å². The molecular formula is C8H6N4O2S. The van der Waals surface area contributed by atoms with Gasteiger partial charge in [0.1, 0.15) is 0 Å². The minimum absolute atomic E-state index is 0.282. The number of hydrogen-bond acceptors (Lipinski definition) is 6. The van der Waals surface area contributed by atoms with Crippen molar-refractivity contribution < 1.29 is 9.32 Å². The Morgan fingerprint density at radius 3 is 3.13 bits per heavy atom. The van der Waals surface area contributed by atoms with Gasteiger partial charge in [0.25, 0.3) is 5.89 Å². The van der Waals surface area contributed by atoms with Crippen LogP contribution in [0.2, 0.25) is 0 Å².